The number of amides is 1. The highest BCUT2D eigenvalue weighted by Gasteiger charge is 2.28. The molecule has 1 aromatic rings. The number of piperidine rings is 1. The quantitative estimate of drug-likeness (QED) is 0.746. The summed E-state index contributed by atoms with van der Waals surface area (Å²) in [5, 5.41) is 0. The lowest BCUT2D eigenvalue weighted by molar-refractivity contribution is 0.0613. The van der Waals surface area contributed by atoms with Gasteiger partial charge in [0.15, 0.2) is 0 Å². The molecule has 5 heteroatoms. The molecule has 0 aliphatic carbocycles. The molecule has 0 spiro atoms. The van der Waals surface area contributed by atoms with Crippen molar-refractivity contribution in [2.24, 2.45) is 12.8 Å². The van der Waals surface area contributed by atoms with E-state index in [0.29, 0.717) is 5.69 Å². The van der Waals surface area contributed by atoms with Gasteiger partial charge in [0, 0.05) is 31.9 Å². The summed E-state index contributed by atoms with van der Waals surface area (Å²) in [5.74, 6) is 0.0139. The van der Waals surface area contributed by atoms with E-state index in [4.69, 9.17) is 5.73 Å². The molecule has 2 rings (SSSR count). The smallest absolute Gasteiger partial charge is 0.274 e. The van der Waals surface area contributed by atoms with E-state index in [0.717, 1.165) is 19.4 Å². The Morgan fingerprint density at radius 3 is 2.94 bits per heavy atom. The van der Waals surface area contributed by atoms with Crippen molar-refractivity contribution < 1.29 is 4.79 Å². The third kappa shape index (κ3) is 2.09. The Balaban J connectivity index is 2.10. The van der Waals surface area contributed by atoms with Gasteiger partial charge >= 0.3 is 0 Å². The Bertz CT molecular complexity index is 387. The highest BCUT2D eigenvalue weighted by atomic mass is 16.2. The maximum absolute atomic E-state index is 12.1. The number of carbonyl (C=O) groups is 1. The number of nitrogens with zero attached hydrogens (tertiary/aromatic N) is 3. The van der Waals surface area contributed by atoms with Gasteiger partial charge in [0.1, 0.15) is 5.69 Å². The van der Waals surface area contributed by atoms with Crippen molar-refractivity contribution >= 4 is 5.91 Å². The molecule has 5 nitrogen and oxygen atoms in total. The number of aryl methyl sites for hydroxylation is 1. The first kappa shape index (κ1) is 11.1. The van der Waals surface area contributed by atoms with Crippen LogP contribution in [0.1, 0.15) is 30.3 Å². The number of hydrogen-bond donors (Lipinski definition) is 1. The van der Waals surface area contributed by atoms with Crippen LogP contribution in [0, 0.1) is 0 Å². The fourth-order valence-electron chi connectivity index (χ4n) is 2.18. The van der Waals surface area contributed by atoms with Crippen LogP contribution in [-0.4, -0.2) is 39.0 Å². The van der Waals surface area contributed by atoms with Crippen LogP contribution in [0.4, 0.5) is 0 Å². The van der Waals surface area contributed by atoms with Gasteiger partial charge in [-0.25, -0.2) is 4.98 Å². The first-order valence-electron chi connectivity index (χ1n) is 5.62. The summed E-state index contributed by atoms with van der Waals surface area (Å²) < 4.78 is 1.79. The molecule has 1 saturated heterocycles. The SMILES string of the molecule is CC1CC(N)CCN1C(=O)c1cn(C)cn1. The van der Waals surface area contributed by atoms with E-state index in [9.17, 15) is 4.79 Å². The molecule has 16 heavy (non-hydrogen) atoms. The molecular weight excluding hydrogens is 204 g/mol. The fourth-order valence-corrected chi connectivity index (χ4v) is 2.18. The second-order valence-electron chi connectivity index (χ2n) is 4.56. The van der Waals surface area contributed by atoms with Crippen molar-refractivity contribution in [2.75, 3.05) is 6.54 Å². The lowest BCUT2D eigenvalue weighted by Gasteiger charge is -2.35. The third-order valence-electron chi connectivity index (χ3n) is 3.10. The first-order valence-corrected chi connectivity index (χ1v) is 5.62. The van der Waals surface area contributed by atoms with Crippen LogP contribution in [0.2, 0.25) is 0 Å². The number of imidazole rings is 1. The van der Waals surface area contributed by atoms with Crippen LogP contribution < -0.4 is 5.73 Å². The predicted molar refractivity (Wildman–Crippen MR) is 60.9 cm³/mol. The van der Waals surface area contributed by atoms with E-state index in [2.05, 4.69) is 4.98 Å². The maximum Gasteiger partial charge on any atom is 0.274 e. The number of carbonyl (C=O) groups excluding carboxylic acids is 1. The van der Waals surface area contributed by atoms with Gasteiger partial charge in [-0.1, -0.05) is 0 Å². The molecule has 2 N–H and O–H groups in total. The van der Waals surface area contributed by atoms with E-state index in [-0.39, 0.29) is 18.0 Å². The number of aromatic nitrogens is 2. The molecule has 0 saturated carbocycles. The third-order valence-corrected chi connectivity index (χ3v) is 3.10. The molecular formula is C11H18N4O. The van der Waals surface area contributed by atoms with Gasteiger partial charge in [0.05, 0.1) is 6.33 Å². The van der Waals surface area contributed by atoms with Crippen LogP contribution in [-0.2, 0) is 7.05 Å². The van der Waals surface area contributed by atoms with Crippen molar-refractivity contribution in [1.82, 2.24) is 14.5 Å². The summed E-state index contributed by atoms with van der Waals surface area (Å²) in [5.41, 5.74) is 6.39. The highest BCUT2D eigenvalue weighted by Crippen LogP contribution is 2.17. The monoisotopic (exact) mass is 222 g/mol. The molecule has 1 aliphatic rings. The topological polar surface area (TPSA) is 64.2 Å². The summed E-state index contributed by atoms with van der Waals surface area (Å²) in [7, 11) is 1.86. The molecule has 88 valence electrons. The lowest BCUT2D eigenvalue weighted by Crippen LogP contribution is -2.48. The zero-order valence-corrected chi connectivity index (χ0v) is 9.76. The largest absolute Gasteiger partial charge is 0.340 e. The van der Waals surface area contributed by atoms with Crippen LogP contribution >= 0.6 is 0 Å². The van der Waals surface area contributed by atoms with E-state index >= 15 is 0 Å². The van der Waals surface area contributed by atoms with Gasteiger partial charge in [-0.3, -0.25) is 4.79 Å². The van der Waals surface area contributed by atoms with Gasteiger partial charge in [0.25, 0.3) is 5.91 Å². The van der Waals surface area contributed by atoms with Gasteiger partial charge in [-0.05, 0) is 19.8 Å². The Morgan fingerprint density at radius 2 is 2.38 bits per heavy atom. The molecule has 2 unspecified atom stereocenters. The maximum atomic E-state index is 12.1. The number of likely N-dealkylation sites (tertiary alicyclic amines) is 1. The van der Waals surface area contributed by atoms with Gasteiger partial charge < -0.3 is 15.2 Å². The van der Waals surface area contributed by atoms with E-state index < -0.39 is 0 Å². The van der Waals surface area contributed by atoms with Crippen LogP contribution in [0.25, 0.3) is 0 Å². The predicted octanol–water partition coefficient (Wildman–Crippen LogP) is 0.372. The van der Waals surface area contributed by atoms with Crippen molar-refractivity contribution in [3.8, 4) is 0 Å². The number of hydrogen-bond acceptors (Lipinski definition) is 3. The fraction of sp³-hybridized carbons (Fsp3) is 0.636. The molecule has 1 aromatic heterocycles. The zero-order valence-electron chi connectivity index (χ0n) is 9.76. The molecule has 0 aromatic carbocycles. The molecule has 2 heterocycles. The van der Waals surface area contributed by atoms with E-state index in [1.165, 1.54) is 0 Å². The van der Waals surface area contributed by atoms with Crippen molar-refractivity contribution in [3.63, 3.8) is 0 Å². The Kier molecular flexibility index (Phi) is 2.96. The zero-order chi connectivity index (χ0) is 11.7. The Labute approximate surface area is 95.2 Å². The normalized spacial score (nSPS) is 25.8. The summed E-state index contributed by atoms with van der Waals surface area (Å²) in [6.45, 7) is 2.78. The number of rotatable bonds is 1. The first-order chi connectivity index (χ1) is 7.58. The van der Waals surface area contributed by atoms with Crippen LogP contribution in [0.3, 0.4) is 0 Å². The lowest BCUT2D eigenvalue weighted by atomic mass is 9.99. The average Bonchev–Trinajstić information content (AvgIpc) is 2.64. The minimum Gasteiger partial charge on any atom is -0.340 e. The standard InChI is InChI=1S/C11H18N4O/c1-8-5-9(12)3-4-15(8)11(16)10-6-14(2)7-13-10/h6-9H,3-5,12H2,1-2H3. The molecule has 0 bridgehead atoms. The van der Waals surface area contributed by atoms with E-state index in [1.54, 1.807) is 17.1 Å². The van der Waals surface area contributed by atoms with Crippen LogP contribution in [0.15, 0.2) is 12.5 Å². The van der Waals surface area contributed by atoms with Crippen LogP contribution in [0.5, 0.6) is 0 Å². The average molecular weight is 222 g/mol. The van der Waals surface area contributed by atoms with Gasteiger partial charge in [-0.2, -0.15) is 0 Å². The van der Waals surface area contributed by atoms with Crippen molar-refractivity contribution in [3.05, 3.63) is 18.2 Å². The molecule has 1 aliphatic heterocycles. The van der Waals surface area contributed by atoms with Crippen molar-refractivity contribution in [2.45, 2.75) is 31.8 Å². The summed E-state index contributed by atoms with van der Waals surface area (Å²) >= 11 is 0. The second kappa shape index (κ2) is 4.25. The van der Waals surface area contributed by atoms with Gasteiger partial charge in [-0.15, -0.1) is 0 Å². The summed E-state index contributed by atoms with van der Waals surface area (Å²) in [6.07, 6.45) is 5.15. The minimum atomic E-state index is 0.0139. The van der Waals surface area contributed by atoms with Gasteiger partial charge in [0.2, 0.25) is 0 Å². The molecule has 1 amide bonds. The summed E-state index contributed by atoms with van der Waals surface area (Å²) in [4.78, 5) is 18.1. The molecule has 1 fully saturated rings. The number of nitrogens with two attached hydrogens (primary N) is 1. The molecule has 2 atom stereocenters. The van der Waals surface area contributed by atoms with E-state index in [1.807, 2.05) is 18.9 Å². The second-order valence-corrected chi connectivity index (χ2v) is 4.56. The molecule has 0 radical (unpaired) electrons. The highest BCUT2D eigenvalue weighted by molar-refractivity contribution is 5.92. The van der Waals surface area contributed by atoms with Crippen molar-refractivity contribution in [1.29, 1.82) is 0 Å². The Hall–Kier alpha value is -1.36. The minimum absolute atomic E-state index is 0.0139. The summed E-state index contributed by atoms with van der Waals surface area (Å²) in [6, 6.07) is 0.432. The Morgan fingerprint density at radius 1 is 1.62 bits per heavy atom.